The summed E-state index contributed by atoms with van der Waals surface area (Å²) in [6, 6.07) is 9.10. The highest BCUT2D eigenvalue weighted by atomic mass is 32.2. The number of halogens is 3. The van der Waals surface area contributed by atoms with Crippen molar-refractivity contribution >= 4 is 33.8 Å². The van der Waals surface area contributed by atoms with Crippen LogP contribution in [0.2, 0.25) is 0 Å². The number of imidazole rings is 1. The first-order chi connectivity index (χ1) is 11.4. The van der Waals surface area contributed by atoms with Crippen LogP contribution in [0.3, 0.4) is 0 Å². The maximum atomic E-state index is 13.0. The van der Waals surface area contributed by atoms with E-state index in [0.717, 1.165) is 22.8 Å². The van der Waals surface area contributed by atoms with Crippen LogP contribution in [0.5, 0.6) is 0 Å². The zero-order valence-electron chi connectivity index (χ0n) is 12.3. The van der Waals surface area contributed by atoms with Crippen LogP contribution in [0.15, 0.2) is 40.5 Å². The summed E-state index contributed by atoms with van der Waals surface area (Å²) in [4.78, 5) is 17.5. The number of fused-ring (bicyclic) bond motifs is 2. The Morgan fingerprint density at radius 1 is 1.04 bits per heavy atom. The molecule has 0 unspecified atom stereocenters. The lowest BCUT2D eigenvalue weighted by molar-refractivity contribution is -0.145. The van der Waals surface area contributed by atoms with E-state index in [-0.39, 0.29) is 10.7 Å². The Morgan fingerprint density at radius 3 is 2.58 bits per heavy atom. The Morgan fingerprint density at radius 2 is 1.83 bits per heavy atom. The molecule has 24 heavy (non-hydrogen) atoms. The molecule has 5 nitrogen and oxygen atoms in total. The molecule has 0 aliphatic carbocycles. The highest BCUT2D eigenvalue weighted by molar-refractivity contribution is 7.99. The SMILES string of the molecule is Cc1cc2c(Sc3nc4ccccc4[nH]3)nc(C(F)(F)F)nc2[nH]1. The zero-order valence-corrected chi connectivity index (χ0v) is 13.1. The summed E-state index contributed by atoms with van der Waals surface area (Å²) in [7, 11) is 0. The van der Waals surface area contributed by atoms with Crippen LogP contribution >= 0.6 is 11.8 Å². The number of H-pyrrole nitrogens is 2. The molecule has 0 amide bonds. The fourth-order valence-electron chi connectivity index (χ4n) is 2.39. The third kappa shape index (κ3) is 2.60. The van der Waals surface area contributed by atoms with Crippen molar-refractivity contribution in [3.63, 3.8) is 0 Å². The number of nitrogens with zero attached hydrogens (tertiary/aromatic N) is 3. The zero-order chi connectivity index (χ0) is 16.9. The molecule has 0 saturated carbocycles. The third-order valence-corrected chi connectivity index (χ3v) is 4.29. The van der Waals surface area contributed by atoms with E-state index in [1.54, 1.807) is 13.0 Å². The van der Waals surface area contributed by atoms with E-state index in [1.165, 1.54) is 0 Å². The fourth-order valence-corrected chi connectivity index (χ4v) is 3.27. The van der Waals surface area contributed by atoms with Gasteiger partial charge in [0.15, 0.2) is 5.16 Å². The predicted molar refractivity (Wildman–Crippen MR) is 83.8 cm³/mol. The Bertz CT molecular complexity index is 1020. The number of rotatable bonds is 2. The molecule has 0 fully saturated rings. The molecule has 0 atom stereocenters. The molecule has 0 aliphatic heterocycles. The molecule has 3 aromatic heterocycles. The van der Waals surface area contributed by atoms with Crippen molar-refractivity contribution < 1.29 is 13.2 Å². The maximum Gasteiger partial charge on any atom is 0.451 e. The van der Waals surface area contributed by atoms with Crippen molar-refractivity contribution in [3.8, 4) is 0 Å². The quantitative estimate of drug-likeness (QED) is 0.529. The van der Waals surface area contributed by atoms with Gasteiger partial charge in [-0.15, -0.1) is 0 Å². The molecule has 0 spiro atoms. The van der Waals surface area contributed by atoms with Crippen LogP contribution in [-0.4, -0.2) is 24.9 Å². The van der Waals surface area contributed by atoms with Gasteiger partial charge in [-0.05, 0) is 36.9 Å². The minimum atomic E-state index is -4.61. The molecular formula is C15H10F3N5S. The number of aromatic amines is 2. The molecule has 3 heterocycles. The van der Waals surface area contributed by atoms with Gasteiger partial charge in [0, 0.05) is 5.69 Å². The van der Waals surface area contributed by atoms with Gasteiger partial charge in [-0.25, -0.2) is 15.0 Å². The van der Waals surface area contributed by atoms with Gasteiger partial charge in [0.1, 0.15) is 10.7 Å². The molecule has 4 rings (SSSR count). The fraction of sp³-hybridized carbons (Fsp3) is 0.133. The number of benzene rings is 1. The maximum absolute atomic E-state index is 13.0. The second-order valence-electron chi connectivity index (χ2n) is 5.23. The number of hydrogen-bond donors (Lipinski definition) is 2. The molecule has 122 valence electrons. The van der Waals surface area contributed by atoms with Crippen LogP contribution in [0, 0.1) is 6.92 Å². The molecule has 1 aromatic carbocycles. The lowest BCUT2D eigenvalue weighted by atomic mass is 10.3. The van der Waals surface area contributed by atoms with Crippen LogP contribution in [0.1, 0.15) is 11.5 Å². The van der Waals surface area contributed by atoms with Gasteiger partial charge in [0.05, 0.1) is 16.4 Å². The number of aromatic nitrogens is 5. The van der Waals surface area contributed by atoms with Crippen molar-refractivity contribution in [1.82, 2.24) is 24.9 Å². The van der Waals surface area contributed by atoms with Gasteiger partial charge in [-0.1, -0.05) is 12.1 Å². The van der Waals surface area contributed by atoms with E-state index in [2.05, 4.69) is 24.9 Å². The monoisotopic (exact) mass is 349 g/mol. The van der Waals surface area contributed by atoms with Gasteiger partial charge < -0.3 is 9.97 Å². The van der Waals surface area contributed by atoms with Gasteiger partial charge in [0.2, 0.25) is 5.82 Å². The van der Waals surface area contributed by atoms with E-state index in [0.29, 0.717) is 16.2 Å². The molecule has 9 heteroatoms. The van der Waals surface area contributed by atoms with Gasteiger partial charge in [-0.2, -0.15) is 13.2 Å². The summed E-state index contributed by atoms with van der Waals surface area (Å²) in [6.07, 6.45) is -4.61. The highest BCUT2D eigenvalue weighted by Gasteiger charge is 2.36. The lowest BCUT2D eigenvalue weighted by Crippen LogP contribution is -2.11. The predicted octanol–water partition coefficient (Wildman–Crippen LogP) is 4.31. The number of aryl methyl sites for hydroxylation is 1. The Hall–Kier alpha value is -2.55. The summed E-state index contributed by atoms with van der Waals surface area (Å²) in [6.45, 7) is 1.75. The van der Waals surface area contributed by atoms with Crippen molar-refractivity contribution in [1.29, 1.82) is 0 Å². The van der Waals surface area contributed by atoms with Crippen LogP contribution in [0.25, 0.3) is 22.1 Å². The minimum Gasteiger partial charge on any atom is -0.343 e. The second kappa shape index (κ2) is 5.23. The van der Waals surface area contributed by atoms with E-state index in [9.17, 15) is 13.2 Å². The van der Waals surface area contributed by atoms with Gasteiger partial charge in [-0.3, -0.25) is 0 Å². The molecule has 0 bridgehead atoms. The summed E-state index contributed by atoms with van der Waals surface area (Å²) in [5.41, 5.74) is 2.43. The average molecular weight is 349 g/mol. The first-order valence-electron chi connectivity index (χ1n) is 6.97. The topological polar surface area (TPSA) is 70.2 Å². The van der Waals surface area contributed by atoms with E-state index < -0.39 is 12.0 Å². The molecular weight excluding hydrogens is 339 g/mol. The largest absolute Gasteiger partial charge is 0.451 e. The number of hydrogen-bond acceptors (Lipinski definition) is 4. The lowest BCUT2D eigenvalue weighted by Gasteiger charge is -2.07. The molecule has 0 radical (unpaired) electrons. The summed E-state index contributed by atoms with van der Waals surface area (Å²) in [5, 5.41) is 1.21. The van der Waals surface area contributed by atoms with E-state index in [4.69, 9.17) is 0 Å². The number of para-hydroxylation sites is 2. The van der Waals surface area contributed by atoms with Crippen LogP contribution in [0.4, 0.5) is 13.2 Å². The normalized spacial score (nSPS) is 12.3. The van der Waals surface area contributed by atoms with Crippen molar-refractivity contribution in [3.05, 3.63) is 41.9 Å². The van der Waals surface area contributed by atoms with Crippen LogP contribution in [-0.2, 0) is 6.18 Å². The standard InChI is InChI=1S/C15H10F3N5S/c1-7-6-8-11(19-7)22-13(15(16,17)18)23-12(8)24-14-20-9-4-2-3-5-10(9)21-14/h2-6H,1H3,(H,20,21)(H,19,22,23). The Labute approximate surface area is 137 Å². The number of nitrogens with one attached hydrogen (secondary N) is 2. The smallest absolute Gasteiger partial charge is 0.343 e. The summed E-state index contributed by atoms with van der Waals surface area (Å²) >= 11 is 1.05. The van der Waals surface area contributed by atoms with Crippen molar-refractivity contribution in [2.24, 2.45) is 0 Å². The summed E-state index contributed by atoms with van der Waals surface area (Å²) in [5.74, 6) is -1.17. The Balaban J connectivity index is 1.85. The number of alkyl halides is 3. The van der Waals surface area contributed by atoms with Gasteiger partial charge >= 0.3 is 6.18 Å². The summed E-state index contributed by atoms with van der Waals surface area (Å²) < 4.78 is 39.1. The van der Waals surface area contributed by atoms with E-state index >= 15 is 0 Å². The molecule has 0 aliphatic rings. The molecule has 4 aromatic rings. The Kier molecular flexibility index (Phi) is 3.27. The first kappa shape index (κ1) is 15.0. The first-order valence-corrected chi connectivity index (χ1v) is 7.79. The average Bonchev–Trinajstić information content (AvgIpc) is 3.07. The van der Waals surface area contributed by atoms with Crippen molar-refractivity contribution in [2.75, 3.05) is 0 Å². The van der Waals surface area contributed by atoms with E-state index in [1.807, 2.05) is 24.3 Å². The highest BCUT2D eigenvalue weighted by Crippen LogP contribution is 2.35. The van der Waals surface area contributed by atoms with Gasteiger partial charge in [0.25, 0.3) is 0 Å². The van der Waals surface area contributed by atoms with Crippen LogP contribution < -0.4 is 0 Å². The second-order valence-corrected chi connectivity index (χ2v) is 6.20. The molecule has 2 N–H and O–H groups in total. The molecule has 0 saturated heterocycles. The van der Waals surface area contributed by atoms with Crippen molar-refractivity contribution in [2.45, 2.75) is 23.3 Å². The minimum absolute atomic E-state index is 0.161. The third-order valence-electron chi connectivity index (χ3n) is 3.40.